The molecule has 1 heterocycles. The van der Waals surface area contributed by atoms with E-state index >= 15 is 0 Å². The first kappa shape index (κ1) is 18.6. The van der Waals surface area contributed by atoms with Crippen LogP contribution in [0.25, 0.3) is 0 Å². The quantitative estimate of drug-likeness (QED) is 0.463. The number of halogens is 1. The van der Waals surface area contributed by atoms with Gasteiger partial charge >= 0.3 is 0 Å². The van der Waals surface area contributed by atoms with E-state index in [4.69, 9.17) is 11.6 Å². The summed E-state index contributed by atoms with van der Waals surface area (Å²) in [5, 5.41) is 4.76. The molecule has 1 amide bonds. The Bertz CT molecular complexity index is 735. The molecule has 6 heteroatoms. The summed E-state index contributed by atoms with van der Waals surface area (Å²) in [6, 6.07) is 9.88. The zero-order valence-electron chi connectivity index (χ0n) is 14.3. The maximum Gasteiger partial charge on any atom is 0.250 e. The SMILES string of the molecule is Cc1cc(/C=N\NC(=O)CSc2ccc(Cl)cc2)c(C)n1C(C)C. The number of nitrogens with one attached hydrogen (secondary N) is 1. The number of aromatic nitrogens is 1. The lowest BCUT2D eigenvalue weighted by Gasteiger charge is -2.13. The third-order valence-corrected chi connectivity index (χ3v) is 4.88. The fraction of sp³-hybridized carbons (Fsp3) is 0.333. The first-order valence-corrected chi connectivity index (χ1v) is 9.13. The smallest absolute Gasteiger partial charge is 0.250 e. The zero-order chi connectivity index (χ0) is 17.7. The number of carbonyl (C=O) groups excluding carboxylic acids is 1. The Hall–Kier alpha value is -1.72. The number of benzene rings is 1. The van der Waals surface area contributed by atoms with Gasteiger partial charge in [0, 0.05) is 32.9 Å². The van der Waals surface area contributed by atoms with Crippen molar-refractivity contribution in [3.63, 3.8) is 0 Å². The largest absolute Gasteiger partial charge is 0.346 e. The molecule has 1 N–H and O–H groups in total. The van der Waals surface area contributed by atoms with Crippen molar-refractivity contribution in [3.8, 4) is 0 Å². The summed E-state index contributed by atoms with van der Waals surface area (Å²) in [6.07, 6.45) is 1.70. The predicted molar refractivity (Wildman–Crippen MR) is 102 cm³/mol. The summed E-state index contributed by atoms with van der Waals surface area (Å²) < 4.78 is 2.25. The molecule has 1 aromatic heterocycles. The number of nitrogens with zero attached hydrogens (tertiary/aromatic N) is 2. The molecule has 0 spiro atoms. The van der Waals surface area contributed by atoms with E-state index in [-0.39, 0.29) is 5.91 Å². The summed E-state index contributed by atoms with van der Waals surface area (Å²) in [7, 11) is 0. The summed E-state index contributed by atoms with van der Waals surface area (Å²) in [5.41, 5.74) is 5.93. The third kappa shape index (κ3) is 4.89. The van der Waals surface area contributed by atoms with Crippen LogP contribution in [0.4, 0.5) is 0 Å². The maximum atomic E-state index is 11.9. The molecule has 0 saturated heterocycles. The Morgan fingerprint density at radius 3 is 2.58 bits per heavy atom. The van der Waals surface area contributed by atoms with Gasteiger partial charge in [-0.25, -0.2) is 5.43 Å². The van der Waals surface area contributed by atoms with Gasteiger partial charge < -0.3 is 4.57 Å². The number of hydrogen-bond acceptors (Lipinski definition) is 3. The highest BCUT2D eigenvalue weighted by atomic mass is 35.5. The Morgan fingerprint density at radius 1 is 1.33 bits per heavy atom. The molecule has 0 atom stereocenters. The van der Waals surface area contributed by atoms with E-state index in [1.165, 1.54) is 17.5 Å². The average molecular weight is 364 g/mol. The number of thioether (sulfide) groups is 1. The number of rotatable bonds is 6. The molecule has 1 aromatic carbocycles. The number of aryl methyl sites for hydroxylation is 1. The number of carbonyl (C=O) groups is 1. The van der Waals surface area contributed by atoms with Crippen LogP contribution in [0.2, 0.25) is 5.02 Å². The summed E-state index contributed by atoms with van der Waals surface area (Å²) >= 11 is 7.29. The number of hydrogen-bond donors (Lipinski definition) is 1. The molecule has 0 saturated carbocycles. The monoisotopic (exact) mass is 363 g/mol. The van der Waals surface area contributed by atoms with Gasteiger partial charge in [0.1, 0.15) is 0 Å². The standard InChI is InChI=1S/C18H22ClN3OS/c1-12(2)22-13(3)9-15(14(22)4)10-20-21-18(23)11-24-17-7-5-16(19)6-8-17/h5-10,12H,11H2,1-4H3,(H,21,23)/b20-10-. The van der Waals surface area contributed by atoms with Crippen LogP contribution >= 0.6 is 23.4 Å². The van der Waals surface area contributed by atoms with Gasteiger partial charge in [0.25, 0.3) is 0 Å². The van der Waals surface area contributed by atoms with E-state index in [9.17, 15) is 4.79 Å². The predicted octanol–water partition coefficient (Wildman–Crippen LogP) is 4.58. The minimum atomic E-state index is -0.135. The van der Waals surface area contributed by atoms with Gasteiger partial charge in [0.2, 0.25) is 5.91 Å². The highest BCUT2D eigenvalue weighted by Crippen LogP contribution is 2.20. The second-order valence-corrected chi connectivity index (χ2v) is 7.31. The molecule has 0 aliphatic rings. The Balaban J connectivity index is 1.88. The highest BCUT2D eigenvalue weighted by Gasteiger charge is 2.09. The van der Waals surface area contributed by atoms with Crippen LogP contribution in [0.3, 0.4) is 0 Å². The van der Waals surface area contributed by atoms with E-state index < -0.39 is 0 Å². The van der Waals surface area contributed by atoms with Crippen molar-refractivity contribution in [2.45, 2.75) is 38.6 Å². The van der Waals surface area contributed by atoms with Crippen molar-refractivity contribution in [3.05, 3.63) is 52.3 Å². The molecule has 2 rings (SSSR count). The molecule has 128 valence electrons. The first-order valence-electron chi connectivity index (χ1n) is 7.77. The first-order chi connectivity index (χ1) is 11.4. The molecule has 4 nitrogen and oxygen atoms in total. The van der Waals surface area contributed by atoms with Gasteiger partial charge in [-0.2, -0.15) is 5.10 Å². The number of amides is 1. The topological polar surface area (TPSA) is 46.4 Å². The van der Waals surface area contributed by atoms with Crippen LogP contribution in [0.1, 0.15) is 36.8 Å². The molecule has 0 unspecified atom stereocenters. The van der Waals surface area contributed by atoms with E-state index in [0.717, 1.165) is 16.2 Å². The van der Waals surface area contributed by atoms with Crippen LogP contribution in [0, 0.1) is 13.8 Å². The Kier molecular flexibility index (Phi) is 6.52. The van der Waals surface area contributed by atoms with Gasteiger partial charge in [0.05, 0.1) is 12.0 Å². The van der Waals surface area contributed by atoms with Crippen LogP contribution in [-0.4, -0.2) is 22.4 Å². The van der Waals surface area contributed by atoms with Crippen LogP contribution in [0.15, 0.2) is 40.3 Å². The van der Waals surface area contributed by atoms with Gasteiger partial charge in [-0.15, -0.1) is 11.8 Å². The average Bonchev–Trinajstić information content (AvgIpc) is 2.81. The van der Waals surface area contributed by atoms with Crippen molar-refractivity contribution >= 4 is 35.5 Å². The highest BCUT2D eigenvalue weighted by molar-refractivity contribution is 8.00. The van der Waals surface area contributed by atoms with Crippen molar-refractivity contribution in [1.82, 2.24) is 9.99 Å². The third-order valence-electron chi connectivity index (χ3n) is 3.62. The second kappa shape index (κ2) is 8.40. The normalized spacial score (nSPS) is 11.4. The molecule has 24 heavy (non-hydrogen) atoms. The summed E-state index contributed by atoms with van der Waals surface area (Å²) in [6.45, 7) is 8.44. The Morgan fingerprint density at radius 2 is 2.00 bits per heavy atom. The van der Waals surface area contributed by atoms with Crippen LogP contribution in [0.5, 0.6) is 0 Å². The molecular weight excluding hydrogens is 342 g/mol. The maximum absolute atomic E-state index is 11.9. The van der Waals surface area contributed by atoms with Crippen molar-refractivity contribution in [2.24, 2.45) is 5.10 Å². The molecule has 0 aliphatic carbocycles. The summed E-state index contributed by atoms with van der Waals surface area (Å²) in [5.74, 6) is 0.174. The van der Waals surface area contributed by atoms with E-state index in [0.29, 0.717) is 16.8 Å². The second-order valence-electron chi connectivity index (χ2n) is 5.83. The molecule has 2 aromatic rings. The van der Waals surface area contributed by atoms with Gasteiger partial charge in [-0.05, 0) is 58.0 Å². The zero-order valence-corrected chi connectivity index (χ0v) is 15.9. The molecule has 0 fully saturated rings. The molecule has 0 aliphatic heterocycles. The minimum absolute atomic E-state index is 0.135. The fourth-order valence-electron chi connectivity index (χ4n) is 2.61. The lowest BCUT2D eigenvalue weighted by molar-refractivity contribution is -0.118. The summed E-state index contributed by atoms with van der Waals surface area (Å²) in [4.78, 5) is 12.9. The molecule has 0 bridgehead atoms. The van der Waals surface area contributed by atoms with E-state index in [1.54, 1.807) is 6.21 Å². The van der Waals surface area contributed by atoms with Crippen molar-refractivity contribution in [2.75, 3.05) is 5.75 Å². The Labute approximate surface area is 152 Å². The molecule has 0 radical (unpaired) electrons. The lowest BCUT2D eigenvalue weighted by atomic mass is 10.2. The van der Waals surface area contributed by atoms with Crippen molar-refractivity contribution in [1.29, 1.82) is 0 Å². The van der Waals surface area contributed by atoms with Gasteiger partial charge in [-0.1, -0.05) is 11.6 Å². The minimum Gasteiger partial charge on any atom is -0.346 e. The fourth-order valence-corrected chi connectivity index (χ4v) is 3.43. The van der Waals surface area contributed by atoms with Gasteiger partial charge in [0.15, 0.2) is 0 Å². The molecular formula is C18H22ClN3OS. The van der Waals surface area contributed by atoms with Gasteiger partial charge in [-0.3, -0.25) is 4.79 Å². The van der Waals surface area contributed by atoms with Crippen molar-refractivity contribution < 1.29 is 4.79 Å². The number of hydrazone groups is 1. The van der Waals surface area contributed by atoms with E-state index in [2.05, 4.69) is 48.9 Å². The van der Waals surface area contributed by atoms with E-state index in [1.807, 2.05) is 24.3 Å². The van der Waals surface area contributed by atoms with Crippen LogP contribution in [-0.2, 0) is 4.79 Å². The lowest BCUT2D eigenvalue weighted by Crippen LogP contribution is -2.19. The van der Waals surface area contributed by atoms with Crippen LogP contribution < -0.4 is 5.43 Å².